The third-order valence-electron chi connectivity index (χ3n) is 5.02. The molecule has 2 saturated carbocycles. The highest BCUT2D eigenvalue weighted by Crippen LogP contribution is 2.56. The summed E-state index contributed by atoms with van der Waals surface area (Å²) in [6, 6.07) is 0.382. The Kier molecular flexibility index (Phi) is 7.04. The van der Waals surface area contributed by atoms with Crippen LogP contribution in [0.5, 0.6) is 0 Å². The summed E-state index contributed by atoms with van der Waals surface area (Å²) in [6.45, 7) is 9.01. The highest BCUT2D eigenvalue weighted by Gasteiger charge is 2.57. The fourth-order valence-electron chi connectivity index (χ4n) is 3.82. The minimum absolute atomic E-state index is 0. The van der Waals surface area contributed by atoms with Crippen molar-refractivity contribution in [3.63, 3.8) is 0 Å². The molecule has 118 valence electrons. The van der Waals surface area contributed by atoms with Crippen molar-refractivity contribution in [3.05, 3.63) is 0 Å². The molecule has 0 amide bonds. The molecule has 0 heterocycles. The molecule has 0 saturated heterocycles. The summed E-state index contributed by atoms with van der Waals surface area (Å²) in [5.74, 6) is 0.719. The van der Waals surface area contributed by atoms with Gasteiger partial charge in [-0.25, -0.2) is 4.99 Å². The van der Waals surface area contributed by atoms with Gasteiger partial charge < -0.3 is 15.4 Å². The van der Waals surface area contributed by atoms with Gasteiger partial charge in [0, 0.05) is 25.1 Å². The Bertz CT molecular complexity index is 325. The first-order chi connectivity index (χ1) is 9.17. The minimum Gasteiger partial charge on any atom is -0.378 e. The lowest BCUT2D eigenvalue weighted by Crippen LogP contribution is -2.57. The van der Waals surface area contributed by atoms with Crippen LogP contribution in [-0.2, 0) is 4.74 Å². The Balaban J connectivity index is 0.00000200. The fourth-order valence-corrected chi connectivity index (χ4v) is 3.82. The Hall–Kier alpha value is -0.0400. The van der Waals surface area contributed by atoms with Crippen LogP contribution in [0.2, 0.25) is 0 Å². The SMILES string of the molecule is CCOC1CC(N=C(N)N(CC)CC)C12CCCC2.I. The van der Waals surface area contributed by atoms with E-state index in [9.17, 15) is 0 Å². The van der Waals surface area contributed by atoms with Gasteiger partial charge in [0.05, 0.1) is 12.1 Å². The van der Waals surface area contributed by atoms with Crippen molar-refractivity contribution in [2.75, 3.05) is 19.7 Å². The van der Waals surface area contributed by atoms with Crippen molar-refractivity contribution in [2.45, 2.75) is 65.0 Å². The Labute approximate surface area is 140 Å². The average Bonchev–Trinajstić information content (AvgIpc) is 2.91. The quantitative estimate of drug-likeness (QED) is 0.442. The molecule has 0 aromatic heterocycles. The third kappa shape index (κ3) is 3.24. The summed E-state index contributed by atoms with van der Waals surface area (Å²) in [5.41, 5.74) is 6.45. The summed E-state index contributed by atoms with van der Waals surface area (Å²) in [7, 11) is 0. The highest BCUT2D eigenvalue weighted by molar-refractivity contribution is 14.0. The van der Waals surface area contributed by atoms with Crippen LogP contribution >= 0.6 is 24.0 Å². The van der Waals surface area contributed by atoms with Crippen molar-refractivity contribution in [1.82, 2.24) is 4.90 Å². The molecule has 2 aliphatic carbocycles. The molecule has 2 atom stereocenters. The monoisotopic (exact) mass is 395 g/mol. The van der Waals surface area contributed by atoms with Crippen molar-refractivity contribution < 1.29 is 4.74 Å². The molecule has 0 aromatic carbocycles. The van der Waals surface area contributed by atoms with Crippen LogP contribution < -0.4 is 5.73 Å². The summed E-state index contributed by atoms with van der Waals surface area (Å²) in [5, 5.41) is 0. The van der Waals surface area contributed by atoms with Crippen molar-refractivity contribution >= 4 is 29.9 Å². The van der Waals surface area contributed by atoms with E-state index in [1.165, 1.54) is 25.7 Å². The first-order valence-corrected chi connectivity index (χ1v) is 7.87. The number of hydrogen-bond donors (Lipinski definition) is 1. The number of rotatable bonds is 5. The van der Waals surface area contributed by atoms with Gasteiger partial charge in [0.1, 0.15) is 0 Å². The zero-order chi connectivity index (χ0) is 13.9. The summed E-state index contributed by atoms with van der Waals surface area (Å²) in [4.78, 5) is 6.97. The normalized spacial score (nSPS) is 28.1. The van der Waals surface area contributed by atoms with Crippen LogP contribution in [0.1, 0.15) is 52.9 Å². The summed E-state index contributed by atoms with van der Waals surface area (Å²) < 4.78 is 5.92. The maximum absolute atomic E-state index is 6.15. The second-order valence-electron chi connectivity index (χ2n) is 5.80. The zero-order valence-corrected chi connectivity index (χ0v) is 15.4. The van der Waals surface area contributed by atoms with Crippen LogP contribution in [-0.4, -0.2) is 42.7 Å². The molecule has 0 radical (unpaired) electrons. The Morgan fingerprint density at radius 2 is 1.85 bits per heavy atom. The van der Waals surface area contributed by atoms with E-state index < -0.39 is 0 Å². The number of halogens is 1. The standard InChI is InChI=1S/C15H29N3O.HI/c1-4-18(5-2)14(16)17-12-11-13(19-6-3)15(12)9-7-8-10-15;/h12-13H,4-11H2,1-3H3,(H2,16,17);1H. The molecule has 0 aromatic rings. The van der Waals surface area contributed by atoms with E-state index in [1.807, 2.05) is 0 Å². The number of aliphatic imine (C=N–C) groups is 1. The zero-order valence-electron chi connectivity index (χ0n) is 13.1. The van der Waals surface area contributed by atoms with Crippen LogP contribution in [0.15, 0.2) is 4.99 Å². The molecular weight excluding hydrogens is 365 g/mol. The van der Waals surface area contributed by atoms with E-state index >= 15 is 0 Å². The number of nitrogens with two attached hydrogens (primary N) is 1. The van der Waals surface area contributed by atoms with Gasteiger partial charge in [-0.05, 0) is 40.0 Å². The maximum Gasteiger partial charge on any atom is 0.191 e. The van der Waals surface area contributed by atoms with Gasteiger partial charge in [-0.2, -0.15) is 0 Å². The lowest BCUT2D eigenvalue weighted by molar-refractivity contribution is -0.119. The van der Waals surface area contributed by atoms with Crippen molar-refractivity contribution in [3.8, 4) is 0 Å². The summed E-state index contributed by atoms with van der Waals surface area (Å²) in [6.07, 6.45) is 6.63. The molecule has 1 spiro atoms. The molecule has 2 rings (SSSR count). The second-order valence-corrected chi connectivity index (χ2v) is 5.80. The van der Waals surface area contributed by atoms with Gasteiger partial charge >= 0.3 is 0 Å². The smallest absolute Gasteiger partial charge is 0.191 e. The van der Waals surface area contributed by atoms with Crippen LogP contribution in [0.4, 0.5) is 0 Å². The van der Waals surface area contributed by atoms with E-state index in [0.717, 1.165) is 32.1 Å². The number of hydrogen-bond acceptors (Lipinski definition) is 2. The van der Waals surface area contributed by atoms with E-state index in [4.69, 9.17) is 15.5 Å². The Morgan fingerprint density at radius 1 is 1.25 bits per heavy atom. The predicted octanol–water partition coefficient (Wildman–Crippen LogP) is 3.00. The largest absolute Gasteiger partial charge is 0.378 e. The molecule has 2 unspecified atom stereocenters. The van der Waals surface area contributed by atoms with E-state index in [-0.39, 0.29) is 24.0 Å². The molecule has 2 aliphatic rings. The van der Waals surface area contributed by atoms with Gasteiger partial charge in [0.2, 0.25) is 0 Å². The van der Waals surface area contributed by atoms with Gasteiger partial charge in [0.15, 0.2) is 5.96 Å². The van der Waals surface area contributed by atoms with Gasteiger partial charge in [0.25, 0.3) is 0 Å². The molecule has 5 heteroatoms. The van der Waals surface area contributed by atoms with E-state index in [1.54, 1.807) is 0 Å². The van der Waals surface area contributed by atoms with Gasteiger partial charge in [-0.3, -0.25) is 0 Å². The molecule has 20 heavy (non-hydrogen) atoms. The lowest BCUT2D eigenvalue weighted by Gasteiger charge is -2.52. The number of guanidine groups is 1. The first-order valence-electron chi connectivity index (χ1n) is 7.87. The molecule has 2 N–H and O–H groups in total. The van der Waals surface area contributed by atoms with Crippen LogP contribution in [0.25, 0.3) is 0 Å². The Morgan fingerprint density at radius 3 is 2.35 bits per heavy atom. The van der Waals surface area contributed by atoms with E-state index in [0.29, 0.717) is 17.6 Å². The molecule has 4 nitrogen and oxygen atoms in total. The minimum atomic E-state index is 0. The van der Waals surface area contributed by atoms with Gasteiger partial charge in [-0.1, -0.05) is 12.8 Å². The van der Waals surface area contributed by atoms with Crippen molar-refractivity contribution in [1.29, 1.82) is 0 Å². The fraction of sp³-hybridized carbons (Fsp3) is 0.933. The summed E-state index contributed by atoms with van der Waals surface area (Å²) >= 11 is 0. The number of ether oxygens (including phenoxy) is 1. The topological polar surface area (TPSA) is 50.9 Å². The molecule has 0 aliphatic heterocycles. The third-order valence-corrected chi connectivity index (χ3v) is 5.02. The van der Waals surface area contributed by atoms with Crippen LogP contribution in [0, 0.1) is 5.41 Å². The molecular formula is C15H30IN3O. The lowest BCUT2D eigenvalue weighted by atomic mass is 9.61. The van der Waals surface area contributed by atoms with E-state index in [2.05, 4.69) is 25.7 Å². The first kappa shape index (κ1) is 18.0. The van der Waals surface area contributed by atoms with Crippen molar-refractivity contribution in [2.24, 2.45) is 16.1 Å². The van der Waals surface area contributed by atoms with Gasteiger partial charge in [-0.15, -0.1) is 24.0 Å². The molecule has 0 bridgehead atoms. The average molecular weight is 395 g/mol. The second kappa shape index (κ2) is 7.82. The highest BCUT2D eigenvalue weighted by atomic mass is 127. The molecule has 2 fully saturated rings. The maximum atomic E-state index is 6.15. The van der Waals surface area contributed by atoms with Crippen LogP contribution in [0.3, 0.4) is 0 Å². The predicted molar refractivity (Wildman–Crippen MR) is 94.7 cm³/mol. The number of nitrogens with zero attached hydrogens (tertiary/aromatic N) is 2.